The predicted octanol–water partition coefficient (Wildman–Crippen LogP) is 1.98. The van der Waals surface area contributed by atoms with Crippen molar-refractivity contribution in [1.29, 1.82) is 0 Å². The summed E-state index contributed by atoms with van der Waals surface area (Å²) in [5.74, 6) is -0.271. The molecule has 0 aliphatic rings. The highest BCUT2D eigenvalue weighted by Crippen LogP contribution is 2.27. The fraction of sp³-hybridized carbons (Fsp3) is 0.286. The number of aromatic nitrogens is 2. The highest BCUT2D eigenvalue weighted by atomic mass is 35.5. The second-order valence-electron chi connectivity index (χ2n) is 4.81. The number of halogens is 1. The third-order valence-electron chi connectivity index (χ3n) is 3.13. The van der Waals surface area contributed by atoms with Crippen molar-refractivity contribution in [3.8, 4) is 5.88 Å². The number of hydrogen-bond acceptors (Lipinski definition) is 6. The number of carbonyl (C=O) groups excluding carboxylic acids is 1. The quantitative estimate of drug-likeness (QED) is 0.600. The van der Waals surface area contributed by atoms with Crippen LogP contribution >= 0.6 is 11.6 Å². The monoisotopic (exact) mass is 358 g/mol. The first-order valence-corrected chi connectivity index (χ1v) is 8.76. The predicted molar refractivity (Wildman–Crippen MR) is 83.4 cm³/mol. The van der Waals surface area contributed by atoms with Gasteiger partial charge in [-0.05, 0) is 24.6 Å². The molecule has 7 nitrogen and oxygen atoms in total. The van der Waals surface area contributed by atoms with Crippen molar-refractivity contribution in [2.45, 2.75) is 11.8 Å². The first kappa shape index (κ1) is 17.3. The Kier molecular flexibility index (Phi) is 4.96. The molecule has 0 fully saturated rings. The molecule has 1 aromatic heterocycles. The third kappa shape index (κ3) is 3.83. The van der Waals surface area contributed by atoms with Crippen LogP contribution in [0.25, 0.3) is 0 Å². The molecule has 1 heterocycles. The maximum absolute atomic E-state index is 12.0. The van der Waals surface area contributed by atoms with Gasteiger partial charge in [-0.25, -0.2) is 17.9 Å². The Morgan fingerprint density at radius 3 is 2.61 bits per heavy atom. The molecule has 0 spiro atoms. The fourth-order valence-corrected chi connectivity index (χ4v) is 3.22. The largest absolute Gasteiger partial charge is 0.440 e. The minimum Gasteiger partial charge on any atom is -0.440 e. The standard InChI is InChI=1S/C14H15ClN2O5S/c1-9-11(23(3,19)20)5-4-10(13(9)15)14(18)22-8-21-12-6-7-16-17(12)2/h4-7H,8H2,1-3H3. The van der Waals surface area contributed by atoms with Gasteiger partial charge in [0.05, 0.1) is 21.7 Å². The Morgan fingerprint density at radius 1 is 1.35 bits per heavy atom. The number of carbonyl (C=O) groups is 1. The van der Waals surface area contributed by atoms with Crippen LogP contribution in [0, 0.1) is 6.92 Å². The van der Waals surface area contributed by atoms with E-state index in [9.17, 15) is 13.2 Å². The Labute approximate surface area is 138 Å². The van der Waals surface area contributed by atoms with Crippen LogP contribution in [0.4, 0.5) is 0 Å². The Morgan fingerprint density at radius 2 is 2.04 bits per heavy atom. The van der Waals surface area contributed by atoms with Gasteiger partial charge in [0.25, 0.3) is 0 Å². The molecule has 0 radical (unpaired) electrons. The number of aryl methyl sites for hydroxylation is 1. The van der Waals surface area contributed by atoms with Crippen molar-refractivity contribution in [3.63, 3.8) is 0 Å². The van der Waals surface area contributed by atoms with E-state index < -0.39 is 15.8 Å². The van der Waals surface area contributed by atoms with Crippen LogP contribution < -0.4 is 4.74 Å². The third-order valence-corrected chi connectivity index (χ3v) is 4.86. The molecule has 1 aromatic carbocycles. The smallest absolute Gasteiger partial charge is 0.342 e. The number of sulfone groups is 1. The summed E-state index contributed by atoms with van der Waals surface area (Å²) in [6.45, 7) is 1.21. The van der Waals surface area contributed by atoms with Crippen LogP contribution in [-0.4, -0.2) is 37.2 Å². The maximum Gasteiger partial charge on any atom is 0.342 e. The van der Waals surface area contributed by atoms with E-state index in [0.717, 1.165) is 6.26 Å². The van der Waals surface area contributed by atoms with Gasteiger partial charge in [-0.15, -0.1) is 0 Å². The summed E-state index contributed by atoms with van der Waals surface area (Å²) in [5.41, 5.74) is 0.376. The number of benzene rings is 1. The normalized spacial score (nSPS) is 11.3. The van der Waals surface area contributed by atoms with Gasteiger partial charge < -0.3 is 9.47 Å². The van der Waals surface area contributed by atoms with E-state index >= 15 is 0 Å². The molecule has 0 amide bonds. The van der Waals surface area contributed by atoms with Gasteiger partial charge in [0, 0.05) is 19.4 Å². The molecular weight excluding hydrogens is 344 g/mol. The molecule has 0 saturated carbocycles. The lowest BCUT2D eigenvalue weighted by molar-refractivity contribution is 0.0129. The molecule has 9 heteroatoms. The summed E-state index contributed by atoms with van der Waals surface area (Å²) in [5, 5.41) is 3.94. The van der Waals surface area contributed by atoms with Gasteiger partial charge in [-0.2, -0.15) is 5.10 Å². The molecule has 0 unspecified atom stereocenters. The molecule has 23 heavy (non-hydrogen) atoms. The second-order valence-corrected chi connectivity index (χ2v) is 7.17. The van der Waals surface area contributed by atoms with Crippen molar-refractivity contribution in [2.24, 2.45) is 7.05 Å². The van der Waals surface area contributed by atoms with Gasteiger partial charge in [-0.1, -0.05) is 11.6 Å². The molecule has 0 bridgehead atoms. The van der Waals surface area contributed by atoms with Gasteiger partial charge in [-0.3, -0.25) is 0 Å². The summed E-state index contributed by atoms with van der Waals surface area (Å²) >= 11 is 6.08. The van der Waals surface area contributed by atoms with E-state index in [1.54, 1.807) is 19.3 Å². The van der Waals surface area contributed by atoms with E-state index in [1.807, 2.05) is 0 Å². The molecular formula is C14H15ClN2O5S. The van der Waals surface area contributed by atoms with Crippen LogP contribution in [0.15, 0.2) is 29.3 Å². The van der Waals surface area contributed by atoms with Crippen molar-refractivity contribution >= 4 is 27.4 Å². The highest BCUT2D eigenvalue weighted by molar-refractivity contribution is 7.90. The average Bonchev–Trinajstić information content (AvgIpc) is 2.86. The summed E-state index contributed by atoms with van der Waals surface area (Å²) in [6, 6.07) is 4.26. The van der Waals surface area contributed by atoms with Crippen LogP contribution in [0.3, 0.4) is 0 Å². The minimum absolute atomic E-state index is 0.0402. The molecule has 0 atom stereocenters. The molecule has 0 aliphatic heterocycles. The van der Waals surface area contributed by atoms with E-state index in [-0.39, 0.29) is 22.3 Å². The molecule has 0 N–H and O–H groups in total. The number of nitrogens with zero attached hydrogens (tertiary/aromatic N) is 2. The number of rotatable bonds is 5. The number of esters is 1. The lowest BCUT2D eigenvalue weighted by atomic mass is 10.1. The van der Waals surface area contributed by atoms with E-state index in [2.05, 4.69) is 5.10 Å². The highest BCUT2D eigenvalue weighted by Gasteiger charge is 2.20. The van der Waals surface area contributed by atoms with Crippen molar-refractivity contribution in [1.82, 2.24) is 9.78 Å². The Balaban J connectivity index is 2.11. The maximum atomic E-state index is 12.0. The minimum atomic E-state index is -3.42. The zero-order chi connectivity index (χ0) is 17.2. The lowest BCUT2D eigenvalue weighted by Crippen LogP contribution is -2.13. The Bertz CT molecular complexity index is 845. The van der Waals surface area contributed by atoms with E-state index in [1.165, 1.54) is 23.7 Å². The van der Waals surface area contributed by atoms with Gasteiger partial charge >= 0.3 is 5.97 Å². The van der Waals surface area contributed by atoms with Gasteiger partial charge in [0.15, 0.2) is 9.84 Å². The Hall–Kier alpha value is -2.06. The van der Waals surface area contributed by atoms with Crippen molar-refractivity contribution < 1.29 is 22.7 Å². The van der Waals surface area contributed by atoms with Gasteiger partial charge in [0.1, 0.15) is 0 Å². The summed E-state index contributed by atoms with van der Waals surface area (Å²) < 4.78 is 34.9. The first-order chi connectivity index (χ1) is 10.7. The van der Waals surface area contributed by atoms with Gasteiger partial charge in [0.2, 0.25) is 12.7 Å². The number of hydrogen-bond donors (Lipinski definition) is 0. The number of ether oxygens (including phenoxy) is 2. The topological polar surface area (TPSA) is 87.5 Å². The second kappa shape index (κ2) is 6.59. The van der Waals surface area contributed by atoms with Crippen LogP contribution in [-0.2, 0) is 21.6 Å². The zero-order valence-corrected chi connectivity index (χ0v) is 14.3. The first-order valence-electron chi connectivity index (χ1n) is 6.49. The lowest BCUT2D eigenvalue weighted by Gasteiger charge is -2.11. The van der Waals surface area contributed by atoms with E-state index in [4.69, 9.17) is 21.1 Å². The summed E-state index contributed by atoms with van der Waals surface area (Å²) in [4.78, 5) is 12.1. The van der Waals surface area contributed by atoms with Crippen LogP contribution in [0.2, 0.25) is 5.02 Å². The van der Waals surface area contributed by atoms with Crippen molar-refractivity contribution in [3.05, 3.63) is 40.5 Å². The summed E-state index contributed by atoms with van der Waals surface area (Å²) in [6.07, 6.45) is 2.62. The molecule has 124 valence electrons. The molecule has 0 aliphatic carbocycles. The van der Waals surface area contributed by atoms with Crippen LogP contribution in [0.5, 0.6) is 5.88 Å². The SMILES string of the molecule is Cc1c(S(C)(=O)=O)ccc(C(=O)OCOc2ccnn2C)c1Cl. The average molecular weight is 359 g/mol. The fourth-order valence-electron chi connectivity index (χ4n) is 1.95. The van der Waals surface area contributed by atoms with Crippen molar-refractivity contribution in [2.75, 3.05) is 13.0 Å². The van der Waals surface area contributed by atoms with Crippen LogP contribution in [0.1, 0.15) is 15.9 Å². The van der Waals surface area contributed by atoms with E-state index in [0.29, 0.717) is 11.4 Å². The molecule has 0 saturated heterocycles. The zero-order valence-electron chi connectivity index (χ0n) is 12.7. The summed E-state index contributed by atoms with van der Waals surface area (Å²) in [7, 11) is -1.74. The molecule has 2 aromatic rings. The molecule has 2 rings (SSSR count).